The molecule has 25 heavy (non-hydrogen) atoms. The topological polar surface area (TPSA) is 111 Å². The number of benzene rings is 2. The molecule has 0 aromatic heterocycles. The Morgan fingerprint density at radius 1 is 1.12 bits per heavy atom. The van der Waals surface area contributed by atoms with Crippen molar-refractivity contribution in [1.29, 1.82) is 0 Å². The second-order valence-electron chi connectivity index (χ2n) is 5.37. The molecule has 0 atom stereocenters. The van der Waals surface area contributed by atoms with Gasteiger partial charge in [-0.25, -0.2) is 0 Å². The summed E-state index contributed by atoms with van der Waals surface area (Å²) in [4.78, 5) is 34.0. The third-order valence-corrected chi connectivity index (χ3v) is 3.34. The maximum Gasteiger partial charge on any atom is 0.276 e. The second kappa shape index (κ2) is 7.91. The first-order chi connectivity index (χ1) is 11.9. The fourth-order valence-electron chi connectivity index (χ4n) is 2.04. The highest BCUT2D eigenvalue weighted by Gasteiger charge is 2.15. The molecule has 0 heterocycles. The maximum absolute atomic E-state index is 12.0. The number of hydrazine groups is 1. The van der Waals surface area contributed by atoms with Gasteiger partial charge in [-0.1, -0.05) is 18.2 Å². The zero-order valence-corrected chi connectivity index (χ0v) is 13.7. The van der Waals surface area contributed by atoms with E-state index in [1.165, 1.54) is 12.1 Å². The van der Waals surface area contributed by atoms with Gasteiger partial charge in [-0.05, 0) is 37.6 Å². The van der Waals surface area contributed by atoms with Crippen molar-refractivity contribution < 1.29 is 19.2 Å². The van der Waals surface area contributed by atoms with E-state index in [-0.39, 0.29) is 17.9 Å². The van der Waals surface area contributed by atoms with Crippen molar-refractivity contribution in [3.63, 3.8) is 0 Å². The molecule has 8 nitrogen and oxygen atoms in total. The van der Waals surface area contributed by atoms with E-state index in [0.717, 1.165) is 11.6 Å². The van der Waals surface area contributed by atoms with E-state index in [9.17, 15) is 19.7 Å². The molecule has 2 rings (SSSR count). The zero-order valence-electron chi connectivity index (χ0n) is 13.7. The smallest absolute Gasteiger partial charge is 0.276 e. The molecule has 2 amide bonds. The third kappa shape index (κ3) is 5.03. The summed E-state index contributed by atoms with van der Waals surface area (Å²) in [5.41, 5.74) is 5.72. The van der Waals surface area contributed by atoms with Crippen LogP contribution < -0.4 is 15.6 Å². The number of nitro groups is 1. The average molecular weight is 343 g/mol. The van der Waals surface area contributed by atoms with Crippen LogP contribution >= 0.6 is 0 Å². The number of carbonyl (C=O) groups excluding carboxylic acids is 2. The Balaban J connectivity index is 1.88. The predicted octanol–water partition coefficient (Wildman–Crippen LogP) is 2.05. The first-order valence-electron chi connectivity index (χ1n) is 7.40. The number of carbonyl (C=O) groups is 2. The summed E-state index contributed by atoms with van der Waals surface area (Å²) in [5.74, 6) is -0.681. The standard InChI is InChI=1S/C17H17N3O5/c1-11-4-3-5-14(8-11)25-10-16(21)18-19-17(22)13-7-6-12(2)15(9-13)20(23)24/h3-9H,10H2,1-2H3,(H,18,21)(H,19,22). The van der Waals surface area contributed by atoms with Gasteiger partial charge in [0.15, 0.2) is 6.61 Å². The molecule has 0 bridgehead atoms. The molecule has 0 saturated heterocycles. The van der Waals surface area contributed by atoms with Crippen LogP contribution in [0.4, 0.5) is 5.69 Å². The van der Waals surface area contributed by atoms with Crippen molar-refractivity contribution in [1.82, 2.24) is 10.9 Å². The van der Waals surface area contributed by atoms with E-state index < -0.39 is 16.7 Å². The summed E-state index contributed by atoms with van der Waals surface area (Å²) in [6.45, 7) is 3.19. The molecular formula is C17H17N3O5. The van der Waals surface area contributed by atoms with Crippen molar-refractivity contribution in [3.8, 4) is 5.75 Å². The van der Waals surface area contributed by atoms with Crippen LogP contribution in [0.2, 0.25) is 0 Å². The van der Waals surface area contributed by atoms with Gasteiger partial charge in [0.25, 0.3) is 17.5 Å². The van der Waals surface area contributed by atoms with Gasteiger partial charge in [-0.2, -0.15) is 0 Å². The number of hydrogen-bond donors (Lipinski definition) is 2. The summed E-state index contributed by atoms with van der Waals surface area (Å²) >= 11 is 0. The van der Waals surface area contributed by atoms with E-state index in [2.05, 4.69) is 10.9 Å². The molecule has 0 aliphatic rings. The summed E-state index contributed by atoms with van der Waals surface area (Å²) < 4.78 is 5.30. The lowest BCUT2D eigenvalue weighted by Gasteiger charge is -2.09. The van der Waals surface area contributed by atoms with Crippen molar-refractivity contribution >= 4 is 17.5 Å². The van der Waals surface area contributed by atoms with Crippen LogP contribution in [0.5, 0.6) is 5.75 Å². The highest BCUT2D eigenvalue weighted by Crippen LogP contribution is 2.19. The van der Waals surface area contributed by atoms with E-state index in [4.69, 9.17) is 4.74 Å². The maximum atomic E-state index is 12.0. The van der Waals surface area contributed by atoms with E-state index >= 15 is 0 Å². The lowest BCUT2D eigenvalue weighted by atomic mass is 10.1. The number of nitrogens with zero attached hydrogens (tertiary/aromatic N) is 1. The van der Waals surface area contributed by atoms with Crippen molar-refractivity contribution in [2.75, 3.05) is 6.61 Å². The second-order valence-corrected chi connectivity index (χ2v) is 5.37. The van der Waals surface area contributed by atoms with E-state index in [1.807, 2.05) is 13.0 Å². The van der Waals surface area contributed by atoms with Gasteiger partial charge >= 0.3 is 0 Å². The lowest BCUT2D eigenvalue weighted by Crippen LogP contribution is -2.43. The number of hydrogen-bond acceptors (Lipinski definition) is 5. The molecule has 2 N–H and O–H groups in total. The first kappa shape index (κ1) is 17.9. The van der Waals surface area contributed by atoms with Crippen LogP contribution in [-0.2, 0) is 4.79 Å². The number of nitro benzene ring substituents is 1. The number of ether oxygens (including phenoxy) is 1. The fraction of sp³-hybridized carbons (Fsp3) is 0.176. The molecule has 0 saturated carbocycles. The molecular weight excluding hydrogens is 326 g/mol. The molecule has 0 fully saturated rings. The van der Waals surface area contributed by atoms with Gasteiger partial charge in [-0.3, -0.25) is 30.6 Å². The van der Waals surface area contributed by atoms with Crippen LogP contribution in [0, 0.1) is 24.0 Å². The number of amides is 2. The normalized spacial score (nSPS) is 10.0. The predicted molar refractivity (Wildman–Crippen MR) is 90.1 cm³/mol. The van der Waals surface area contributed by atoms with Crippen molar-refractivity contribution in [2.24, 2.45) is 0 Å². The Morgan fingerprint density at radius 2 is 1.88 bits per heavy atom. The molecule has 2 aromatic rings. The Morgan fingerprint density at radius 3 is 2.56 bits per heavy atom. The van der Waals surface area contributed by atoms with Gasteiger partial charge in [0.1, 0.15) is 5.75 Å². The minimum atomic E-state index is -0.660. The third-order valence-electron chi connectivity index (χ3n) is 3.34. The summed E-state index contributed by atoms with van der Waals surface area (Å²) in [6.07, 6.45) is 0. The number of rotatable bonds is 5. The molecule has 0 aliphatic carbocycles. The number of aryl methyl sites for hydroxylation is 2. The first-order valence-corrected chi connectivity index (χ1v) is 7.40. The van der Waals surface area contributed by atoms with Gasteiger partial charge in [0.05, 0.1) is 4.92 Å². The van der Waals surface area contributed by atoms with E-state index in [1.54, 1.807) is 25.1 Å². The molecule has 0 aliphatic heterocycles. The molecule has 8 heteroatoms. The molecule has 2 aromatic carbocycles. The fourth-order valence-corrected chi connectivity index (χ4v) is 2.04. The lowest BCUT2D eigenvalue weighted by molar-refractivity contribution is -0.385. The Hall–Kier alpha value is -3.42. The largest absolute Gasteiger partial charge is 0.484 e. The quantitative estimate of drug-likeness (QED) is 0.638. The average Bonchev–Trinajstić information content (AvgIpc) is 2.58. The Bertz CT molecular complexity index is 820. The van der Waals surface area contributed by atoms with Crippen LogP contribution in [0.25, 0.3) is 0 Å². The molecule has 0 radical (unpaired) electrons. The van der Waals surface area contributed by atoms with Gasteiger partial charge < -0.3 is 4.74 Å². The van der Waals surface area contributed by atoms with Crippen LogP contribution in [0.1, 0.15) is 21.5 Å². The molecule has 0 spiro atoms. The molecule has 0 unspecified atom stereocenters. The van der Waals surface area contributed by atoms with Crippen LogP contribution in [0.15, 0.2) is 42.5 Å². The zero-order chi connectivity index (χ0) is 18.4. The summed E-state index contributed by atoms with van der Waals surface area (Å²) in [6, 6.07) is 11.2. The number of nitrogens with one attached hydrogen (secondary N) is 2. The summed E-state index contributed by atoms with van der Waals surface area (Å²) in [5, 5.41) is 10.9. The summed E-state index contributed by atoms with van der Waals surface area (Å²) in [7, 11) is 0. The van der Waals surface area contributed by atoms with Gasteiger partial charge in [0.2, 0.25) is 0 Å². The highest BCUT2D eigenvalue weighted by atomic mass is 16.6. The SMILES string of the molecule is Cc1cccc(OCC(=O)NNC(=O)c2ccc(C)c([N+](=O)[O-])c2)c1. The Kier molecular flexibility index (Phi) is 5.67. The monoisotopic (exact) mass is 343 g/mol. The minimum Gasteiger partial charge on any atom is -0.484 e. The van der Waals surface area contributed by atoms with E-state index in [0.29, 0.717) is 11.3 Å². The van der Waals surface area contributed by atoms with Gasteiger partial charge in [-0.15, -0.1) is 0 Å². The highest BCUT2D eigenvalue weighted by molar-refractivity contribution is 5.96. The van der Waals surface area contributed by atoms with Crippen molar-refractivity contribution in [2.45, 2.75) is 13.8 Å². The van der Waals surface area contributed by atoms with Gasteiger partial charge in [0, 0.05) is 17.2 Å². The van der Waals surface area contributed by atoms with Crippen LogP contribution in [-0.4, -0.2) is 23.3 Å². The van der Waals surface area contributed by atoms with Crippen molar-refractivity contribution in [3.05, 3.63) is 69.3 Å². The molecule has 130 valence electrons. The Labute approximate surface area is 143 Å². The van der Waals surface area contributed by atoms with Crippen LogP contribution in [0.3, 0.4) is 0 Å². The minimum absolute atomic E-state index is 0.0669.